The molecular weight excluding hydrogens is 492 g/mol. The summed E-state index contributed by atoms with van der Waals surface area (Å²) in [5.74, 6) is -2.18. The Morgan fingerprint density at radius 2 is 1.81 bits per heavy atom. The van der Waals surface area contributed by atoms with Crippen molar-refractivity contribution in [2.24, 2.45) is 5.41 Å². The van der Waals surface area contributed by atoms with Crippen LogP contribution in [0.5, 0.6) is 0 Å². The fraction of sp³-hybridized carbons (Fsp3) is 0.560. The number of aromatic nitrogens is 2. The monoisotopic (exact) mass is 523 g/mol. The molecule has 2 aliphatic heterocycles. The van der Waals surface area contributed by atoms with Gasteiger partial charge in [0.05, 0.1) is 29.5 Å². The topological polar surface area (TPSA) is 79.7 Å². The molecule has 1 atom stereocenters. The molecule has 8 nitrogen and oxygen atoms in total. The summed E-state index contributed by atoms with van der Waals surface area (Å²) in [6, 6.07) is 1.11. The van der Waals surface area contributed by atoms with Gasteiger partial charge in [-0.05, 0) is 31.5 Å². The lowest BCUT2D eigenvalue weighted by Crippen LogP contribution is -2.56. The van der Waals surface area contributed by atoms with Crippen LogP contribution in [0, 0.1) is 17.0 Å². The predicted molar refractivity (Wildman–Crippen MR) is 132 cm³/mol. The summed E-state index contributed by atoms with van der Waals surface area (Å²) in [6.07, 6.45) is 0.755. The number of amides is 2. The van der Waals surface area contributed by atoms with E-state index in [0.29, 0.717) is 45.1 Å². The summed E-state index contributed by atoms with van der Waals surface area (Å²) in [5, 5.41) is 2.68. The highest BCUT2D eigenvalue weighted by atomic mass is 35.5. The Balaban J connectivity index is 1.74. The lowest BCUT2D eigenvalue weighted by atomic mass is 9.85. The fourth-order valence-corrected chi connectivity index (χ4v) is 4.78. The van der Waals surface area contributed by atoms with Gasteiger partial charge in [0.15, 0.2) is 5.69 Å². The number of fused-ring (bicyclic) bond motifs is 1. The van der Waals surface area contributed by atoms with E-state index in [0.717, 1.165) is 19.0 Å². The van der Waals surface area contributed by atoms with Gasteiger partial charge in [-0.2, -0.15) is 0 Å². The van der Waals surface area contributed by atoms with E-state index in [1.807, 2.05) is 27.8 Å². The van der Waals surface area contributed by atoms with E-state index < -0.39 is 29.0 Å². The molecule has 0 saturated carbocycles. The summed E-state index contributed by atoms with van der Waals surface area (Å²) in [5.41, 5.74) is 0.164. The van der Waals surface area contributed by atoms with E-state index >= 15 is 0 Å². The van der Waals surface area contributed by atoms with Crippen LogP contribution in [0.2, 0.25) is 5.02 Å². The van der Waals surface area contributed by atoms with Crippen LogP contribution in [0.1, 0.15) is 43.4 Å². The van der Waals surface area contributed by atoms with Crippen molar-refractivity contribution < 1.29 is 23.1 Å². The van der Waals surface area contributed by atoms with E-state index in [1.54, 1.807) is 9.47 Å². The number of imidazole rings is 1. The molecule has 1 N–H and O–H groups in total. The molecule has 0 spiro atoms. The first kappa shape index (κ1) is 26.5. The molecule has 3 heterocycles. The minimum atomic E-state index is -0.868. The highest BCUT2D eigenvalue weighted by molar-refractivity contribution is 6.31. The van der Waals surface area contributed by atoms with Crippen molar-refractivity contribution in [3.63, 3.8) is 0 Å². The Morgan fingerprint density at radius 3 is 2.47 bits per heavy atom. The van der Waals surface area contributed by atoms with Crippen LogP contribution >= 0.6 is 11.6 Å². The number of nitrogens with one attached hydrogen (secondary N) is 1. The van der Waals surface area contributed by atoms with Crippen LogP contribution in [0.15, 0.2) is 12.1 Å². The molecule has 2 amide bonds. The summed E-state index contributed by atoms with van der Waals surface area (Å²) in [6.45, 7) is 9.16. The lowest BCUT2D eigenvalue weighted by Gasteiger charge is -2.36. The van der Waals surface area contributed by atoms with Crippen molar-refractivity contribution in [1.29, 1.82) is 0 Å². The number of ether oxygens (including phenoxy) is 1. The summed E-state index contributed by atoms with van der Waals surface area (Å²) in [4.78, 5) is 35.3. The normalized spacial score (nSPS) is 17.9. The molecule has 1 aromatic carbocycles. The van der Waals surface area contributed by atoms with Gasteiger partial charge in [-0.15, -0.1) is 0 Å². The van der Waals surface area contributed by atoms with Gasteiger partial charge in [0, 0.05) is 32.2 Å². The van der Waals surface area contributed by atoms with Crippen molar-refractivity contribution >= 4 is 23.4 Å². The Labute approximate surface area is 214 Å². The SMILES string of the molecule is CN1CCCn2c(-c3cc(Cl)c(F)cc3F)nc(C(=O)N[C@H](C(=O)N3CCOCC3)C(C)(C)C)c2C1. The second-order valence-corrected chi connectivity index (χ2v) is 10.8. The maximum atomic E-state index is 14.8. The van der Waals surface area contributed by atoms with E-state index in [4.69, 9.17) is 16.3 Å². The van der Waals surface area contributed by atoms with E-state index in [-0.39, 0.29) is 28.0 Å². The molecule has 196 valence electrons. The maximum absolute atomic E-state index is 14.8. The van der Waals surface area contributed by atoms with Gasteiger partial charge in [0.2, 0.25) is 5.91 Å². The van der Waals surface area contributed by atoms with Gasteiger partial charge < -0.3 is 24.4 Å². The Hall–Kier alpha value is -2.56. The van der Waals surface area contributed by atoms with Gasteiger partial charge in [-0.1, -0.05) is 32.4 Å². The minimum absolute atomic E-state index is 0.0167. The van der Waals surface area contributed by atoms with Gasteiger partial charge in [0.25, 0.3) is 5.91 Å². The van der Waals surface area contributed by atoms with Crippen molar-refractivity contribution in [3.8, 4) is 11.4 Å². The smallest absolute Gasteiger partial charge is 0.272 e. The van der Waals surface area contributed by atoms with Crippen LogP contribution in [0.25, 0.3) is 11.4 Å². The highest BCUT2D eigenvalue weighted by Crippen LogP contribution is 2.31. The number of hydrogen-bond donors (Lipinski definition) is 1. The number of benzene rings is 1. The first-order valence-corrected chi connectivity index (χ1v) is 12.5. The van der Waals surface area contributed by atoms with Crippen LogP contribution < -0.4 is 5.32 Å². The molecule has 0 unspecified atom stereocenters. The molecule has 1 saturated heterocycles. The second kappa shape index (κ2) is 10.4. The van der Waals surface area contributed by atoms with Gasteiger partial charge in [0.1, 0.15) is 23.5 Å². The Kier molecular flexibility index (Phi) is 7.68. The Bertz CT molecular complexity index is 1160. The van der Waals surface area contributed by atoms with E-state index in [9.17, 15) is 18.4 Å². The van der Waals surface area contributed by atoms with Gasteiger partial charge >= 0.3 is 0 Å². The third kappa shape index (κ3) is 5.40. The summed E-state index contributed by atoms with van der Waals surface area (Å²) in [7, 11) is 1.93. The molecule has 4 rings (SSSR count). The molecule has 1 fully saturated rings. The summed E-state index contributed by atoms with van der Waals surface area (Å²) >= 11 is 5.95. The van der Waals surface area contributed by atoms with E-state index in [1.165, 1.54) is 6.07 Å². The zero-order valence-electron chi connectivity index (χ0n) is 21.0. The molecule has 0 bridgehead atoms. The molecule has 0 aliphatic carbocycles. The number of carbonyl (C=O) groups is 2. The lowest BCUT2D eigenvalue weighted by molar-refractivity contribution is -0.139. The van der Waals surface area contributed by atoms with E-state index in [2.05, 4.69) is 15.2 Å². The van der Waals surface area contributed by atoms with Crippen LogP contribution in [-0.4, -0.2) is 77.1 Å². The van der Waals surface area contributed by atoms with Crippen molar-refractivity contribution in [1.82, 2.24) is 24.7 Å². The average molecular weight is 524 g/mol. The number of halogens is 3. The minimum Gasteiger partial charge on any atom is -0.378 e. The predicted octanol–water partition coefficient (Wildman–Crippen LogP) is 3.32. The standard InChI is InChI=1S/C25H32ClF2N5O3/c1-25(2,3)21(24(35)32-8-10-36-11-9-32)30-23(34)20-19-14-31(4)6-5-7-33(19)22(29-20)15-12-16(26)18(28)13-17(15)27/h12-13,21H,5-11,14H2,1-4H3,(H,30,34)/t21-/m1/s1. The average Bonchev–Trinajstić information content (AvgIpc) is 3.05. The fourth-order valence-electron chi connectivity index (χ4n) is 4.62. The number of morpholine rings is 1. The molecule has 0 radical (unpaired) electrons. The van der Waals surface area contributed by atoms with Gasteiger partial charge in [-0.3, -0.25) is 9.59 Å². The van der Waals surface area contributed by atoms with Crippen molar-refractivity contribution in [2.45, 2.75) is 46.3 Å². The number of hydrogen-bond acceptors (Lipinski definition) is 5. The number of carbonyl (C=O) groups excluding carboxylic acids is 2. The van der Waals surface area contributed by atoms with Gasteiger partial charge in [-0.25, -0.2) is 13.8 Å². The first-order chi connectivity index (χ1) is 17.0. The van der Waals surface area contributed by atoms with Crippen LogP contribution in [0.3, 0.4) is 0 Å². The Morgan fingerprint density at radius 1 is 1.11 bits per heavy atom. The third-order valence-corrected chi connectivity index (χ3v) is 6.88. The number of rotatable bonds is 4. The second-order valence-electron chi connectivity index (χ2n) is 10.4. The van der Waals surface area contributed by atoms with Crippen LogP contribution in [-0.2, 0) is 22.6 Å². The molecule has 36 heavy (non-hydrogen) atoms. The summed E-state index contributed by atoms with van der Waals surface area (Å²) < 4.78 is 35.8. The zero-order valence-corrected chi connectivity index (χ0v) is 21.8. The molecule has 2 aromatic rings. The van der Waals surface area contributed by atoms with Crippen LogP contribution in [0.4, 0.5) is 8.78 Å². The van der Waals surface area contributed by atoms with Crippen molar-refractivity contribution in [3.05, 3.63) is 40.2 Å². The largest absolute Gasteiger partial charge is 0.378 e. The van der Waals surface area contributed by atoms with Crippen molar-refractivity contribution in [2.75, 3.05) is 39.9 Å². The number of nitrogens with zero attached hydrogens (tertiary/aromatic N) is 4. The molecule has 1 aromatic heterocycles. The third-order valence-electron chi connectivity index (χ3n) is 6.59. The highest BCUT2D eigenvalue weighted by Gasteiger charge is 2.38. The maximum Gasteiger partial charge on any atom is 0.272 e. The molecule has 2 aliphatic rings. The molecular formula is C25H32ClF2N5O3. The molecule has 11 heteroatoms. The quantitative estimate of drug-likeness (QED) is 0.622. The zero-order chi connectivity index (χ0) is 26.2. The first-order valence-electron chi connectivity index (χ1n) is 12.1.